The van der Waals surface area contributed by atoms with Crippen LogP contribution in [0.15, 0.2) is 0 Å². The highest BCUT2D eigenvalue weighted by molar-refractivity contribution is 7.15. The molecule has 6 nitrogen and oxygen atoms in total. The third kappa shape index (κ3) is 2.47. The predicted molar refractivity (Wildman–Crippen MR) is 71.0 cm³/mol. The molecule has 2 atom stereocenters. The number of nitrogens with zero attached hydrogens (tertiary/aromatic N) is 2. The molecule has 1 aliphatic rings. The Labute approximate surface area is 115 Å². The van der Waals surface area contributed by atoms with E-state index in [1.165, 1.54) is 11.3 Å². The topological polar surface area (TPSA) is 92.2 Å². The van der Waals surface area contributed by atoms with E-state index in [2.05, 4.69) is 15.5 Å². The largest absolute Gasteiger partial charge is 0.481 e. The van der Waals surface area contributed by atoms with Gasteiger partial charge in [-0.15, -0.1) is 10.2 Å². The molecule has 1 aromatic rings. The zero-order valence-corrected chi connectivity index (χ0v) is 12.1. The summed E-state index contributed by atoms with van der Waals surface area (Å²) >= 11 is 1.32. The van der Waals surface area contributed by atoms with Crippen LogP contribution >= 0.6 is 11.3 Å². The van der Waals surface area contributed by atoms with Crippen LogP contribution in [0.4, 0.5) is 5.13 Å². The maximum atomic E-state index is 12.0. The van der Waals surface area contributed by atoms with Crippen molar-refractivity contribution in [3.05, 3.63) is 5.01 Å². The van der Waals surface area contributed by atoms with Crippen LogP contribution in [0.1, 0.15) is 38.6 Å². The van der Waals surface area contributed by atoms with Gasteiger partial charge in [0.2, 0.25) is 11.0 Å². The third-order valence-corrected chi connectivity index (χ3v) is 4.68. The van der Waals surface area contributed by atoms with Crippen molar-refractivity contribution in [1.82, 2.24) is 10.2 Å². The summed E-state index contributed by atoms with van der Waals surface area (Å²) < 4.78 is 0. The molecule has 0 aromatic carbocycles. The number of hydrogen-bond donors (Lipinski definition) is 2. The van der Waals surface area contributed by atoms with Crippen LogP contribution in [0.5, 0.6) is 0 Å². The van der Waals surface area contributed by atoms with Gasteiger partial charge in [-0.1, -0.05) is 39.0 Å². The number of anilines is 1. The molecule has 19 heavy (non-hydrogen) atoms. The molecular formula is C12H17N3O3S. The van der Waals surface area contributed by atoms with Gasteiger partial charge >= 0.3 is 5.97 Å². The molecular weight excluding hydrogens is 266 g/mol. The maximum Gasteiger partial charge on any atom is 0.307 e. The first-order chi connectivity index (χ1) is 8.75. The molecule has 1 saturated carbocycles. The average Bonchev–Trinajstić information content (AvgIpc) is 2.67. The molecule has 0 saturated heterocycles. The number of aromatic nitrogens is 2. The summed E-state index contributed by atoms with van der Waals surface area (Å²) in [5, 5.41) is 20.9. The highest BCUT2D eigenvalue weighted by Crippen LogP contribution is 2.58. The fourth-order valence-corrected chi connectivity index (χ4v) is 3.04. The lowest BCUT2D eigenvalue weighted by molar-refractivity contribution is -0.140. The SMILES string of the molecule is CC(C)c1nnc(NC(=O)[C@H]2[C@@H](C(=O)O)C2(C)C)s1. The lowest BCUT2D eigenvalue weighted by Crippen LogP contribution is -2.17. The quantitative estimate of drug-likeness (QED) is 0.881. The molecule has 0 bridgehead atoms. The highest BCUT2D eigenvalue weighted by atomic mass is 32.1. The summed E-state index contributed by atoms with van der Waals surface area (Å²) in [4.78, 5) is 23.1. The molecule has 2 N–H and O–H groups in total. The van der Waals surface area contributed by atoms with Crippen molar-refractivity contribution in [1.29, 1.82) is 0 Å². The Kier molecular flexibility index (Phi) is 3.34. The van der Waals surface area contributed by atoms with Crippen LogP contribution in [0.25, 0.3) is 0 Å². The second-order valence-corrected chi connectivity index (χ2v) is 6.71. The highest BCUT2D eigenvalue weighted by Gasteiger charge is 2.66. The molecule has 1 heterocycles. The average molecular weight is 283 g/mol. The second-order valence-electron chi connectivity index (χ2n) is 5.70. The molecule has 0 unspecified atom stereocenters. The Morgan fingerprint density at radius 3 is 2.37 bits per heavy atom. The molecule has 2 rings (SSSR count). The minimum Gasteiger partial charge on any atom is -0.481 e. The molecule has 7 heteroatoms. The van der Waals surface area contributed by atoms with Gasteiger partial charge < -0.3 is 10.4 Å². The number of amides is 1. The maximum absolute atomic E-state index is 12.0. The molecule has 104 valence electrons. The number of carboxylic acids is 1. The van der Waals surface area contributed by atoms with Crippen LogP contribution in [-0.2, 0) is 9.59 Å². The van der Waals surface area contributed by atoms with E-state index in [0.717, 1.165) is 5.01 Å². The third-order valence-electron chi connectivity index (χ3n) is 3.54. The normalized spacial score (nSPS) is 24.3. The Hall–Kier alpha value is -1.50. The first-order valence-corrected chi connectivity index (χ1v) is 6.94. The van der Waals surface area contributed by atoms with Gasteiger partial charge in [0.25, 0.3) is 0 Å². The van der Waals surface area contributed by atoms with E-state index >= 15 is 0 Å². The van der Waals surface area contributed by atoms with E-state index in [0.29, 0.717) is 5.13 Å². The van der Waals surface area contributed by atoms with E-state index in [9.17, 15) is 9.59 Å². The van der Waals surface area contributed by atoms with Crippen molar-refractivity contribution in [3.8, 4) is 0 Å². The van der Waals surface area contributed by atoms with Gasteiger partial charge in [-0.05, 0) is 5.41 Å². The minimum absolute atomic E-state index is 0.257. The fourth-order valence-electron chi connectivity index (χ4n) is 2.29. The van der Waals surface area contributed by atoms with E-state index in [1.807, 2.05) is 13.8 Å². The summed E-state index contributed by atoms with van der Waals surface area (Å²) in [5.74, 6) is -2.08. The molecule has 0 aliphatic heterocycles. The van der Waals surface area contributed by atoms with Crippen LogP contribution in [0.3, 0.4) is 0 Å². The first-order valence-electron chi connectivity index (χ1n) is 6.12. The van der Waals surface area contributed by atoms with Gasteiger partial charge in [-0.25, -0.2) is 0 Å². The second kappa shape index (κ2) is 4.56. The van der Waals surface area contributed by atoms with Crippen molar-refractivity contribution in [2.45, 2.75) is 33.6 Å². The summed E-state index contributed by atoms with van der Waals surface area (Å²) in [6.07, 6.45) is 0. The summed E-state index contributed by atoms with van der Waals surface area (Å²) in [6, 6.07) is 0. The van der Waals surface area contributed by atoms with Crippen LogP contribution in [0, 0.1) is 17.3 Å². The molecule has 0 radical (unpaired) electrons. The number of nitrogens with one attached hydrogen (secondary N) is 1. The molecule has 1 aromatic heterocycles. The lowest BCUT2D eigenvalue weighted by Gasteiger charge is -2.01. The Bertz CT molecular complexity index is 524. The Balaban J connectivity index is 2.04. The number of carbonyl (C=O) groups excluding carboxylic acids is 1. The van der Waals surface area contributed by atoms with Gasteiger partial charge in [0, 0.05) is 5.92 Å². The van der Waals surface area contributed by atoms with Crippen molar-refractivity contribution in [2.24, 2.45) is 17.3 Å². The molecule has 0 spiro atoms. The Morgan fingerprint density at radius 2 is 1.95 bits per heavy atom. The number of carbonyl (C=O) groups is 2. The van der Waals surface area contributed by atoms with Crippen molar-refractivity contribution in [3.63, 3.8) is 0 Å². The van der Waals surface area contributed by atoms with Gasteiger partial charge in [-0.2, -0.15) is 0 Å². The van der Waals surface area contributed by atoms with Gasteiger partial charge in [0.15, 0.2) is 0 Å². The van der Waals surface area contributed by atoms with Gasteiger partial charge in [0.05, 0.1) is 11.8 Å². The standard InChI is InChI=1S/C12H17N3O3S/c1-5(2)9-14-15-11(19-9)13-8(16)6-7(10(17)18)12(6,3)4/h5-7H,1-4H3,(H,17,18)(H,13,15,16)/t6-,7+/m1/s1. The predicted octanol–water partition coefficient (Wildman–Crippen LogP) is 1.96. The number of hydrogen-bond acceptors (Lipinski definition) is 5. The monoisotopic (exact) mass is 283 g/mol. The summed E-state index contributed by atoms with van der Waals surface area (Å²) in [7, 11) is 0. The number of carboxylic acid groups (broad SMARTS) is 1. The molecule has 1 fully saturated rings. The summed E-state index contributed by atoms with van der Waals surface area (Å²) in [5.41, 5.74) is -0.499. The summed E-state index contributed by atoms with van der Waals surface area (Å²) in [6.45, 7) is 7.57. The minimum atomic E-state index is -0.926. The van der Waals surface area contributed by atoms with Crippen molar-refractivity contribution < 1.29 is 14.7 Å². The van der Waals surface area contributed by atoms with Crippen LogP contribution in [0.2, 0.25) is 0 Å². The van der Waals surface area contributed by atoms with Gasteiger partial charge in [0.1, 0.15) is 5.01 Å². The van der Waals surface area contributed by atoms with Gasteiger partial charge in [-0.3, -0.25) is 9.59 Å². The zero-order valence-electron chi connectivity index (χ0n) is 11.3. The Morgan fingerprint density at radius 1 is 1.32 bits per heavy atom. The van der Waals surface area contributed by atoms with Crippen molar-refractivity contribution >= 4 is 28.3 Å². The van der Waals surface area contributed by atoms with Crippen LogP contribution in [-0.4, -0.2) is 27.2 Å². The fraction of sp³-hybridized carbons (Fsp3) is 0.667. The first kappa shape index (κ1) is 13.9. The van der Waals surface area contributed by atoms with Crippen molar-refractivity contribution in [2.75, 3.05) is 5.32 Å². The lowest BCUT2D eigenvalue weighted by atomic mass is 10.1. The van der Waals surface area contributed by atoms with E-state index in [-0.39, 0.29) is 11.8 Å². The van der Waals surface area contributed by atoms with E-state index < -0.39 is 23.2 Å². The van der Waals surface area contributed by atoms with Crippen LogP contribution < -0.4 is 5.32 Å². The zero-order chi connectivity index (χ0) is 14.4. The number of rotatable bonds is 4. The van der Waals surface area contributed by atoms with E-state index in [1.54, 1.807) is 13.8 Å². The van der Waals surface area contributed by atoms with E-state index in [4.69, 9.17) is 5.11 Å². The molecule has 1 amide bonds. The molecule has 1 aliphatic carbocycles. The number of aliphatic carboxylic acids is 1. The smallest absolute Gasteiger partial charge is 0.307 e.